The van der Waals surface area contributed by atoms with Crippen molar-refractivity contribution in [1.29, 1.82) is 0 Å². The van der Waals surface area contributed by atoms with Gasteiger partial charge in [-0.3, -0.25) is 4.79 Å². The van der Waals surface area contributed by atoms with E-state index in [0.29, 0.717) is 21.8 Å². The summed E-state index contributed by atoms with van der Waals surface area (Å²) in [6.45, 7) is 3.56. The molecular weight excluding hydrogens is 413 g/mol. The van der Waals surface area contributed by atoms with Crippen molar-refractivity contribution in [2.24, 2.45) is 5.10 Å². The zero-order valence-electron chi connectivity index (χ0n) is 15.6. The molecule has 0 aliphatic rings. The number of hydrogen-bond acceptors (Lipinski definition) is 5. The van der Waals surface area contributed by atoms with Crippen molar-refractivity contribution in [3.05, 3.63) is 81.8 Å². The van der Waals surface area contributed by atoms with Gasteiger partial charge in [-0.15, -0.1) is 11.3 Å². The summed E-state index contributed by atoms with van der Waals surface area (Å²) in [5.74, 6) is -0.743. The Balaban J connectivity index is 1.73. The summed E-state index contributed by atoms with van der Waals surface area (Å²) in [5, 5.41) is 6.73. The van der Waals surface area contributed by atoms with Crippen LogP contribution in [0.4, 0.5) is 10.1 Å². The number of anilines is 1. The average molecular weight is 432 g/mol. The molecule has 29 heavy (non-hydrogen) atoms. The Bertz CT molecular complexity index is 1170. The van der Waals surface area contributed by atoms with Gasteiger partial charge in [0.1, 0.15) is 5.82 Å². The van der Waals surface area contributed by atoms with Crippen LogP contribution in [0.3, 0.4) is 0 Å². The van der Waals surface area contributed by atoms with Crippen molar-refractivity contribution in [3.8, 4) is 0 Å². The largest absolute Gasteiger partial charge is 0.321 e. The van der Waals surface area contributed by atoms with Crippen molar-refractivity contribution >= 4 is 38.7 Å². The molecule has 0 saturated carbocycles. The first-order chi connectivity index (χ1) is 13.7. The number of aryl methyl sites for hydroxylation is 1. The summed E-state index contributed by atoms with van der Waals surface area (Å²) >= 11 is 1.40. The number of carbonyl (C=O) groups is 1. The van der Waals surface area contributed by atoms with Gasteiger partial charge in [-0.2, -0.15) is 18.4 Å². The van der Waals surface area contributed by atoms with Crippen LogP contribution in [0.2, 0.25) is 0 Å². The molecule has 1 amide bonds. The molecule has 0 radical (unpaired) electrons. The molecule has 0 saturated heterocycles. The Morgan fingerprint density at radius 1 is 1.07 bits per heavy atom. The maximum atomic E-state index is 13.0. The van der Waals surface area contributed by atoms with Crippen molar-refractivity contribution in [3.63, 3.8) is 0 Å². The van der Waals surface area contributed by atoms with Gasteiger partial charge < -0.3 is 5.32 Å². The summed E-state index contributed by atoms with van der Waals surface area (Å²) in [6.07, 6.45) is 0. The highest BCUT2D eigenvalue weighted by Crippen LogP contribution is 2.18. The second kappa shape index (κ2) is 8.54. The summed E-state index contributed by atoms with van der Waals surface area (Å²) in [5.41, 5.74) is 1.60. The van der Waals surface area contributed by atoms with Crippen molar-refractivity contribution in [1.82, 2.24) is 4.83 Å². The van der Waals surface area contributed by atoms with Gasteiger partial charge in [0.25, 0.3) is 15.9 Å². The predicted molar refractivity (Wildman–Crippen MR) is 112 cm³/mol. The minimum Gasteiger partial charge on any atom is -0.321 e. The first kappa shape index (κ1) is 20.7. The number of halogens is 1. The van der Waals surface area contributed by atoms with Crippen molar-refractivity contribution in [2.75, 3.05) is 5.32 Å². The topological polar surface area (TPSA) is 87.6 Å². The first-order valence-corrected chi connectivity index (χ1v) is 10.8. The number of amides is 1. The Morgan fingerprint density at radius 3 is 2.45 bits per heavy atom. The molecule has 0 unspecified atom stereocenters. The van der Waals surface area contributed by atoms with Crippen LogP contribution in [0.25, 0.3) is 0 Å². The van der Waals surface area contributed by atoms with E-state index in [1.165, 1.54) is 11.3 Å². The van der Waals surface area contributed by atoms with Gasteiger partial charge in [-0.05, 0) is 67.9 Å². The van der Waals surface area contributed by atoms with Crippen molar-refractivity contribution < 1.29 is 17.6 Å². The quantitative estimate of drug-likeness (QED) is 0.454. The molecule has 0 aliphatic heterocycles. The molecule has 1 heterocycles. The number of nitrogens with one attached hydrogen (secondary N) is 2. The number of hydrazone groups is 1. The monoisotopic (exact) mass is 431 g/mol. The maximum Gasteiger partial charge on any atom is 0.276 e. The highest BCUT2D eigenvalue weighted by atomic mass is 32.2. The summed E-state index contributed by atoms with van der Waals surface area (Å²) < 4.78 is 37.5. The normalized spacial score (nSPS) is 11.9. The lowest BCUT2D eigenvalue weighted by molar-refractivity contribution is 0.103. The molecule has 2 aromatic carbocycles. The number of hydrogen-bond donors (Lipinski definition) is 2. The van der Waals surface area contributed by atoms with Crippen molar-refractivity contribution in [2.45, 2.75) is 18.7 Å². The molecule has 2 N–H and O–H groups in total. The van der Waals surface area contributed by atoms with E-state index in [1.54, 1.807) is 37.3 Å². The zero-order chi connectivity index (χ0) is 21.0. The number of sulfonamides is 1. The van der Waals surface area contributed by atoms with Gasteiger partial charge >= 0.3 is 0 Å². The van der Waals surface area contributed by atoms with Gasteiger partial charge in [-0.25, -0.2) is 4.39 Å². The number of nitrogens with zero attached hydrogens (tertiary/aromatic N) is 1. The van der Waals surface area contributed by atoms with Crippen LogP contribution in [-0.2, 0) is 10.0 Å². The molecule has 9 heteroatoms. The smallest absolute Gasteiger partial charge is 0.276 e. The van der Waals surface area contributed by atoms with E-state index in [0.717, 1.165) is 29.1 Å². The van der Waals surface area contributed by atoms with Crippen LogP contribution in [0, 0.1) is 12.7 Å². The van der Waals surface area contributed by atoms with E-state index in [1.807, 2.05) is 13.0 Å². The lowest BCUT2D eigenvalue weighted by Gasteiger charge is -2.08. The second-order valence-electron chi connectivity index (χ2n) is 6.19. The molecule has 0 aliphatic carbocycles. The molecule has 3 rings (SSSR count). The summed E-state index contributed by atoms with van der Waals surface area (Å²) in [4.78, 5) is 16.0. The Kier molecular flexibility index (Phi) is 6.09. The van der Waals surface area contributed by atoms with E-state index in [2.05, 4.69) is 15.2 Å². The Morgan fingerprint density at radius 2 is 1.79 bits per heavy atom. The molecule has 3 aromatic rings. The van der Waals surface area contributed by atoms with E-state index < -0.39 is 15.8 Å². The van der Waals surface area contributed by atoms with Gasteiger partial charge in [-0.1, -0.05) is 12.1 Å². The van der Waals surface area contributed by atoms with E-state index in [4.69, 9.17) is 0 Å². The SMILES string of the molecule is C/C(=N/NS(=O)(=O)c1ccc(F)cc1)c1cccc(NC(=O)c2ccc(C)s2)c1. The molecule has 6 nitrogen and oxygen atoms in total. The standard InChI is InChI=1S/C20H18FN3O3S2/c1-13-6-11-19(28-13)20(25)22-17-5-3-4-15(12-17)14(2)23-24-29(26,27)18-9-7-16(21)8-10-18/h3-12,24H,1-2H3,(H,22,25)/b23-14-. The lowest BCUT2D eigenvalue weighted by atomic mass is 10.1. The minimum absolute atomic E-state index is 0.0947. The van der Waals surface area contributed by atoms with Gasteiger partial charge in [0.15, 0.2) is 0 Å². The Hall–Kier alpha value is -3.04. The van der Waals surface area contributed by atoms with Crippen LogP contribution >= 0.6 is 11.3 Å². The summed E-state index contributed by atoms with van der Waals surface area (Å²) in [7, 11) is -3.92. The lowest BCUT2D eigenvalue weighted by Crippen LogP contribution is -2.20. The van der Waals surface area contributed by atoms with E-state index in [-0.39, 0.29) is 10.8 Å². The van der Waals surface area contributed by atoms with Crippen LogP contribution in [0.5, 0.6) is 0 Å². The molecule has 1 aromatic heterocycles. The molecule has 150 valence electrons. The molecule has 0 atom stereocenters. The molecule has 0 spiro atoms. The molecule has 0 bridgehead atoms. The predicted octanol–water partition coefficient (Wildman–Crippen LogP) is 4.15. The average Bonchev–Trinajstić information content (AvgIpc) is 3.13. The van der Waals surface area contributed by atoms with Gasteiger partial charge in [0.05, 0.1) is 15.5 Å². The third-order valence-electron chi connectivity index (χ3n) is 3.96. The second-order valence-corrected chi connectivity index (χ2v) is 9.14. The third kappa shape index (κ3) is 5.27. The zero-order valence-corrected chi connectivity index (χ0v) is 17.3. The van der Waals surface area contributed by atoms with Crippen LogP contribution < -0.4 is 10.1 Å². The van der Waals surface area contributed by atoms with Gasteiger partial charge in [0, 0.05) is 10.6 Å². The summed E-state index contributed by atoms with van der Waals surface area (Å²) in [6, 6.07) is 15.0. The highest BCUT2D eigenvalue weighted by Gasteiger charge is 2.13. The first-order valence-electron chi connectivity index (χ1n) is 8.54. The Labute approximate surface area is 172 Å². The van der Waals surface area contributed by atoms with Gasteiger partial charge in [0.2, 0.25) is 0 Å². The van der Waals surface area contributed by atoms with E-state index >= 15 is 0 Å². The molecule has 0 fully saturated rings. The molecular formula is C20H18FN3O3S2. The fourth-order valence-corrected chi connectivity index (χ4v) is 4.05. The minimum atomic E-state index is -3.92. The van der Waals surface area contributed by atoms with Crippen LogP contribution in [-0.4, -0.2) is 20.0 Å². The third-order valence-corrected chi connectivity index (χ3v) is 6.18. The highest BCUT2D eigenvalue weighted by molar-refractivity contribution is 7.89. The number of thiophene rings is 1. The van der Waals surface area contributed by atoms with Crippen LogP contribution in [0.1, 0.15) is 27.0 Å². The van der Waals surface area contributed by atoms with E-state index in [9.17, 15) is 17.6 Å². The fourth-order valence-electron chi connectivity index (χ4n) is 2.43. The number of benzene rings is 2. The van der Waals surface area contributed by atoms with Crippen LogP contribution in [0.15, 0.2) is 70.7 Å². The fraction of sp³-hybridized carbons (Fsp3) is 0.100. The maximum absolute atomic E-state index is 13.0. The number of carbonyl (C=O) groups excluding carboxylic acids is 1. The number of rotatable bonds is 6.